The van der Waals surface area contributed by atoms with Gasteiger partial charge in [0.1, 0.15) is 5.75 Å². The van der Waals surface area contributed by atoms with Gasteiger partial charge in [-0.15, -0.1) is 0 Å². The van der Waals surface area contributed by atoms with Crippen LogP contribution < -0.4 is 15.4 Å². The van der Waals surface area contributed by atoms with Gasteiger partial charge in [-0.25, -0.2) is 9.98 Å². The molecule has 2 aliphatic rings. The van der Waals surface area contributed by atoms with Crippen LogP contribution in [0.25, 0.3) is 6.08 Å². The van der Waals surface area contributed by atoms with Gasteiger partial charge in [-0.1, -0.05) is 11.3 Å². The minimum Gasteiger partial charge on any atom is -0.494 e. The van der Waals surface area contributed by atoms with Crippen molar-refractivity contribution in [3.05, 3.63) is 39.7 Å². The van der Waals surface area contributed by atoms with E-state index in [0.29, 0.717) is 21.8 Å². The number of ether oxygens (including phenoxy) is 1. The molecule has 33 heavy (non-hydrogen) atoms. The summed E-state index contributed by atoms with van der Waals surface area (Å²) in [5.74, 6) is 0.756. The number of thiazole rings is 1. The maximum absolute atomic E-state index is 12.4. The van der Waals surface area contributed by atoms with Crippen molar-refractivity contribution < 1.29 is 14.3 Å². The summed E-state index contributed by atoms with van der Waals surface area (Å²) in [4.78, 5) is 36.6. The van der Waals surface area contributed by atoms with E-state index in [0.717, 1.165) is 47.7 Å². The van der Waals surface area contributed by atoms with Gasteiger partial charge in [0.15, 0.2) is 10.3 Å². The number of benzene rings is 1. The Morgan fingerprint density at radius 3 is 2.94 bits per heavy atom. The third-order valence-corrected chi connectivity index (χ3v) is 6.80. The number of aliphatic imine (C=N–C) groups is 1. The van der Waals surface area contributed by atoms with Crippen LogP contribution in [0.4, 0.5) is 10.8 Å². The zero-order valence-electron chi connectivity index (χ0n) is 18.9. The standard InChI is InChI=1S/C23H27N5O3S2/c1-14-11-16(31-10-4-9-28(2)3)7-8-18(14)25-23-27-21(30)19(33-23)12-17-13-24-22(32-17)26-20(29)15-5-6-15/h7-8,11-13,15H,4-6,9-10H2,1-3H3,(H,24,26,29)(H,25,27,30). The molecule has 2 aromatic rings. The molecule has 0 unspecified atom stereocenters. The monoisotopic (exact) mass is 485 g/mol. The van der Waals surface area contributed by atoms with Gasteiger partial charge >= 0.3 is 0 Å². The van der Waals surface area contributed by atoms with E-state index < -0.39 is 0 Å². The zero-order chi connectivity index (χ0) is 23.4. The number of nitrogens with one attached hydrogen (secondary N) is 2. The van der Waals surface area contributed by atoms with Gasteiger partial charge in [0.05, 0.1) is 22.1 Å². The normalized spacial score (nSPS) is 18.2. The summed E-state index contributed by atoms with van der Waals surface area (Å²) in [6.45, 7) is 3.61. The second-order valence-corrected chi connectivity index (χ2v) is 10.4. The molecule has 2 heterocycles. The maximum Gasteiger partial charge on any atom is 0.264 e. The van der Waals surface area contributed by atoms with Crippen molar-refractivity contribution in [1.82, 2.24) is 15.2 Å². The molecule has 2 fully saturated rings. The fourth-order valence-electron chi connectivity index (χ4n) is 3.10. The Balaban J connectivity index is 1.37. The maximum atomic E-state index is 12.4. The van der Waals surface area contributed by atoms with Crippen molar-refractivity contribution >= 4 is 57.0 Å². The zero-order valence-corrected chi connectivity index (χ0v) is 20.5. The van der Waals surface area contributed by atoms with Crippen LogP contribution in [0.15, 0.2) is 34.3 Å². The first kappa shape index (κ1) is 23.5. The SMILES string of the molecule is Cc1cc(OCCCN(C)C)ccc1N=C1NC(=O)C(=Cc2cnc(NC(=O)C3CC3)s2)S1. The molecule has 0 atom stereocenters. The van der Waals surface area contributed by atoms with Crippen LogP contribution in [0, 0.1) is 12.8 Å². The lowest BCUT2D eigenvalue weighted by atomic mass is 10.2. The van der Waals surface area contributed by atoms with Crippen LogP contribution in [0.1, 0.15) is 29.7 Å². The number of hydrogen-bond donors (Lipinski definition) is 2. The van der Waals surface area contributed by atoms with E-state index in [1.165, 1.54) is 23.1 Å². The number of amides is 2. The summed E-state index contributed by atoms with van der Waals surface area (Å²) in [6, 6.07) is 5.76. The summed E-state index contributed by atoms with van der Waals surface area (Å²) < 4.78 is 5.81. The summed E-state index contributed by atoms with van der Waals surface area (Å²) in [7, 11) is 4.09. The highest BCUT2D eigenvalue weighted by atomic mass is 32.2. The van der Waals surface area contributed by atoms with Crippen molar-refractivity contribution in [3.63, 3.8) is 0 Å². The summed E-state index contributed by atoms with van der Waals surface area (Å²) in [6.07, 6.45) is 6.27. The minimum absolute atomic E-state index is 0.0197. The Bertz CT molecular complexity index is 1110. The van der Waals surface area contributed by atoms with Crippen LogP contribution in [-0.2, 0) is 9.59 Å². The molecule has 2 amide bonds. The molecule has 8 nitrogen and oxygen atoms in total. The Hall–Kier alpha value is -2.69. The van der Waals surface area contributed by atoms with E-state index in [1.807, 2.05) is 39.2 Å². The molecule has 1 aliphatic carbocycles. The Labute approximate surface area is 201 Å². The first-order valence-electron chi connectivity index (χ1n) is 10.8. The lowest BCUT2D eigenvalue weighted by Crippen LogP contribution is -2.19. The van der Waals surface area contributed by atoms with Crippen LogP contribution in [0.2, 0.25) is 0 Å². The van der Waals surface area contributed by atoms with Gasteiger partial charge in [0.25, 0.3) is 5.91 Å². The molecule has 0 spiro atoms. The molecule has 1 saturated heterocycles. The smallest absolute Gasteiger partial charge is 0.264 e. The first-order valence-corrected chi connectivity index (χ1v) is 12.4. The highest BCUT2D eigenvalue weighted by molar-refractivity contribution is 8.18. The molecule has 1 saturated carbocycles. The number of aryl methyl sites for hydroxylation is 1. The van der Waals surface area contributed by atoms with Crippen LogP contribution in [0.3, 0.4) is 0 Å². The Morgan fingerprint density at radius 1 is 1.39 bits per heavy atom. The average molecular weight is 486 g/mol. The summed E-state index contributed by atoms with van der Waals surface area (Å²) in [5.41, 5.74) is 1.75. The predicted octanol–water partition coefficient (Wildman–Crippen LogP) is 4.02. The summed E-state index contributed by atoms with van der Waals surface area (Å²) >= 11 is 2.63. The number of amidine groups is 1. The lowest BCUT2D eigenvalue weighted by Gasteiger charge is -2.11. The van der Waals surface area contributed by atoms with Crippen molar-refractivity contribution in [2.45, 2.75) is 26.2 Å². The first-order chi connectivity index (χ1) is 15.9. The Kier molecular flexibility index (Phi) is 7.46. The fourth-order valence-corrected chi connectivity index (χ4v) is 4.76. The number of aromatic nitrogens is 1. The topological polar surface area (TPSA) is 95.9 Å². The molecule has 0 bridgehead atoms. The molecule has 174 valence electrons. The molecule has 0 radical (unpaired) electrons. The molecular formula is C23H27N5O3S2. The largest absolute Gasteiger partial charge is 0.494 e. The molecule has 1 aromatic carbocycles. The number of carbonyl (C=O) groups excluding carboxylic acids is 2. The van der Waals surface area contributed by atoms with Gasteiger partial charge in [-0.3, -0.25) is 9.59 Å². The third-order valence-electron chi connectivity index (χ3n) is 5.03. The predicted molar refractivity (Wildman–Crippen MR) is 134 cm³/mol. The van der Waals surface area contributed by atoms with E-state index in [9.17, 15) is 9.59 Å². The van der Waals surface area contributed by atoms with Crippen molar-refractivity contribution in [3.8, 4) is 5.75 Å². The van der Waals surface area contributed by atoms with Gasteiger partial charge in [0.2, 0.25) is 5.91 Å². The van der Waals surface area contributed by atoms with E-state index in [-0.39, 0.29) is 17.7 Å². The number of carbonyl (C=O) groups is 2. The van der Waals surface area contributed by atoms with Gasteiger partial charge in [-0.2, -0.15) is 0 Å². The number of anilines is 1. The molecule has 10 heteroatoms. The average Bonchev–Trinajstić information content (AvgIpc) is 3.45. The minimum atomic E-state index is -0.200. The highest BCUT2D eigenvalue weighted by Crippen LogP contribution is 2.33. The number of thioether (sulfide) groups is 1. The van der Waals surface area contributed by atoms with Gasteiger partial charge in [-0.05, 0) is 81.9 Å². The summed E-state index contributed by atoms with van der Waals surface area (Å²) in [5, 5.41) is 6.72. The number of nitrogens with zero attached hydrogens (tertiary/aromatic N) is 3. The Morgan fingerprint density at radius 2 is 2.21 bits per heavy atom. The van der Waals surface area contributed by atoms with Crippen molar-refractivity contribution in [2.75, 3.05) is 32.6 Å². The van der Waals surface area contributed by atoms with Crippen molar-refractivity contribution in [2.24, 2.45) is 10.9 Å². The van der Waals surface area contributed by atoms with Crippen LogP contribution in [0.5, 0.6) is 5.75 Å². The van der Waals surface area contributed by atoms with E-state index in [4.69, 9.17) is 4.74 Å². The number of rotatable bonds is 9. The quantitative estimate of drug-likeness (QED) is 0.411. The van der Waals surface area contributed by atoms with E-state index in [1.54, 1.807) is 12.3 Å². The second-order valence-electron chi connectivity index (χ2n) is 8.27. The molecule has 1 aliphatic heterocycles. The van der Waals surface area contributed by atoms with E-state index >= 15 is 0 Å². The molecule has 2 N–H and O–H groups in total. The molecular weight excluding hydrogens is 458 g/mol. The molecule has 1 aromatic heterocycles. The van der Waals surface area contributed by atoms with Gasteiger partial charge in [0, 0.05) is 18.7 Å². The lowest BCUT2D eigenvalue weighted by molar-refractivity contribution is -0.117. The van der Waals surface area contributed by atoms with Crippen molar-refractivity contribution in [1.29, 1.82) is 0 Å². The van der Waals surface area contributed by atoms with Crippen LogP contribution in [-0.4, -0.2) is 54.1 Å². The fraction of sp³-hybridized carbons (Fsp3) is 0.391. The van der Waals surface area contributed by atoms with Gasteiger partial charge < -0.3 is 20.3 Å². The molecule has 4 rings (SSSR count). The number of hydrogen-bond acceptors (Lipinski definition) is 8. The van der Waals surface area contributed by atoms with Crippen LogP contribution >= 0.6 is 23.1 Å². The van der Waals surface area contributed by atoms with E-state index in [2.05, 4.69) is 25.5 Å². The highest BCUT2D eigenvalue weighted by Gasteiger charge is 2.30. The third kappa shape index (κ3) is 6.66. The second kappa shape index (κ2) is 10.5.